The minimum absolute atomic E-state index is 0.102. The Labute approximate surface area is 143 Å². The van der Waals surface area contributed by atoms with Crippen LogP contribution in [0.2, 0.25) is 0 Å². The number of ether oxygens (including phenoxy) is 4. The van der Waals surface area contributed by atoms with Crippen LogP contribution < -0.4 is 0 Å². The van der Waals surface area contributed by atoms with Gasteiger partial charge in [0.05, 0.1) is 19.3 Å². The van der Waals surface area contributed by atoms with E-state index < -0.39 is 35.1 Å². The van der Waals surface area contributed by atoms with Crippen molar-refractivity contribution >= 4 is 23.5 Å². The van der Waals surface area contributed by atoms with Crippen molar-refractivity contribution < 1.29 is 32.9 Å². The largest absolute Gasteiger partial charge is 0.466 e. The Morgan fingerprint density at radius 2 is 2.00 bits per heavy atom. The Morgan fingerprint density at radius 3 is 2.50 bits per heavy atom. The summed E-state index contributed by atoms with van der Waals surface area (Å²) in [6.07, 6.45) is -2.82. The Kier molecular flexibility index (Phi) is 5.47. The van der Waals surface area contributed by atoms with Crippen LogP contribution in [0.5, 0.6) is 0 Å². The molecule has 1 aliphatic rings. The van der Waals surface area contributed by atoms with Gasteiger partial charge in [0.25, 0.3) is 0 Å². The quantitative estimate of drug-likeness (QED) is 0.593. The maximum atomic E-state index is 14.8. The van der Waals surface area contributed by atoms with E-state index in [4.69, 9.17) is 25.8 Å². The minimum Gasteiger partial charge on any atom is -0.466 e. The number of benzene rings is 1. The van der Waals surface area contributed by atoms with E-state index in [1.165, 1.54) is 12.1 Å². The summed E-state index contributed by atoms with van der Waals surface area (Å²) < 4.78 is 35.2. The molecule has 0 radical (unpaired) electrons. The Bertz CT molecular complexity index is 604. The Balaban J connectivity index is 2.26. The summed E-state index contributed by atoms with van der Waals surface area (Å²) in [6.45, 7) is 3.11. The molecule has 0 aliphatic carbocycles. The van der Waals surface area contributed by atoms with Crippen molar-refractivity contribution in [1.29, 1.82) is 0 Å². The highest BCUT2D eigenvalue weighted by atomic mass is 35.5. The van der Waals surface area contributed by atoms with Gasteiger partial charge in [0.15, 0.2) is 11.9 Å². The van der Waals surface area contributed by atoms with E-state index in [0.717, 1.165) is 7.11 Å². The van der Waals surface area contributed by atoms with Gasteiger partial charge in [-0.1, -0.05) is 29.8 Å². The fraction of sp³-hybridized carbons (Fsp3) is 0.500. The van der Waals surface area contributed by atoms with E-state index in [1.54, 1.807) is 32.0 Å². The predicted molar refractivity (Wildman–Crippen MR) is 82.3 cm³/mol. The summed E-state index contributed by atoms with van der Waals surface area (Å²) in [5.41, 5.74) is 0.179. The molecular formula is C16H18ClFO6. The zero-order chi connectivity index (χ0) is 18.0. The second-order valence-corrected chi connectivity index (χ2v) is 6.22. The van der Waals surface area contributed by atoms with Crippen LogP contribution in [-0.2, 0) is 23.7 Å². The van der Waals surface area contributed by atoms with Gasteiger partial charge < -0.3 is 18.9 Å². The molecule has 1 saturated heterocycles. The molecule has 0 N–H and O–H groups in total. The number of alkyl halides is 2. The average molecular weight is 361 g/mol. The van der Waals surface area contributed by atoms with Crippen molar-refractivity contribution in [2.45, 2.75) is 37.0 Å². The third-order valence-corrected chi connectivity index (χ3v) is 3.80. The Morgan fingerprint density at radius 1 is 1.38 bits per heavy atom. The number of hydrogen-bond donors (Lipinski definition) is 0. The molecular weight excluding hydrogens is 343 g/mol. The molecule has 1 aromatic rings. The first-order valence-corrected chi connectivity index (χ1v) is 7.59. The number of hydrogen-bond acceptors (Lipinski definition) is 6. The molecule has 2 rings (SSSR count). The number of rotatable bonds is 5. The maximum Gasteiger partial charge on any atom is 0.363 e. The van der Waals surface area contributed by atoms with E-state index in [9.17, 15) is 14.0 Å². The maximum absolute atomic E-state index is 14.8. The summed E-state index contributed by atoms with van der Waals surface area (Å²) in [7, 11) is 0.977. The lowest BCUT2D eigenvalue weighted by Crippen LogP contribution is -2.51. The van der Waals surface area contributed by atoms with Crippen LogP contribution in [0.1, 0.15) is 24.2 Å². The summed E-state index contributed by atoms with van der Waals surface area (Å²) in [4.78, 5) is 23.9. The van der Waals surface area contributed by atoms with E-state index in [0.29, 0.717) is 0 Å². The Hall–Kier alpha value is -1.70. The van der Waals surface area contributed by atoms with E-state index in [1.807, 2.05) is 0 Å². The van der Waals surface area contributed by atoms with Crippen molar-refractivity contribution in [3.05, 3.63) is 35.9 Å². The molecule has 1 heterocycles. The van der Waals surface area contributed by atoms with Gasteiger partial charge in [-0.05, 0) is 26.0 Å². The van der Waals surface area contributed by atoms with Crippen molar-refractivity contribution in [2.75, 3.05) is 13.7 Å². The topological polar surface area (TPSA) is 71.1 Å². The van der Waals surface area contributed by atoms with Gasteiger partial charge in [0.2, 0.25) is 0 Å². The second kappa shape index (κ2) is 7.04. The van der Waals surface area contributed by atoms with E-state index in [2.05, 4.69) is 4.74 Å². The summed E-state index contributed by atoms with van der Waals surface area (Å²) in [5.74, 6) is -3.26. The normalized spacial score (nSPS) is 23.1. The highest BCUT2D eigenvalue weighted by Crippen LogP contribution is 2.35. The molecule has 3 unspecified atom stereocenters. The van der Waals surface area contributed by atoms with Gasteiger partial charge in [-0.25, -0.2) is 14.0 Å². The molecule has 24 heavy (non-hydrogen) atoms. The van der Waals surface area contributed by atoms with Crippen molar-refractivity contribution in [3.8, 4) is 0 Å². The zero-order valence-corrected chi connectivity index (χ0v) is 14.2. The molecule has 1 aromatic carbocycles. The van der Waals surface area contributed by atoms with Crippen LogP contribution >= 0.6 is 11.6 Å². The highest BCUT2D eigenvalue weighted by molar-refractivity contribution is 6.33. The number of methoxy groups -OCH3 is 1. The summed E-state index contributed by atoms with van der Waals surface area (Å²) in [6, 6.07) is 7.92. The van der Waals surface area contributed by atoms with Crippen LogP contribution in [0.3, 0.4) is 0 Å². The monoisotopic (exact) mass is 360 g/mol. The lowest BCUT2D eigenvalue weighted by atomic mass is 10.1. The molecule has 0 bridgehead atoms. The van der Waals surface area contributed by atoms with Gasteiger partial charge in [-0.15, -0.1) is 0 Å². The average Bonchev–Trinajstić information content (AvgIpc) is 2.91. The van der Waals surface area contributed by atoms with Gasteiger partial charge in [0, 0.05) is 0 Å². The third-order valence-electron chi connectivity index (χ3n) is 3.43. The number of carbonyl (C=O) groups is 2. The second-order valence-electron chi connectivity index (χ2n) is 5.67. The van der Waals surface area contributed by atoms with Crippen LogP contribution in [0.15, 0.2) is 30.3 Å². The van der Waals surface area contributed by atoms with Crippen LogP contribution in [0.4, 0.5) is 4.39 Å². The van der Waals surface area contributed by atoms with Crippen molar-refractivity contribution in [1.82, 2.24) is 0 Å². The molecule has 1 fully saturated rings. The van der Waals surface area contributed by atoms with Crippen LogP contribution in [-0.4, -0.2) is 48.8 Å². The van der Waals surface area contributed by atoms with Gasteiger partial charge >= 0.3 is 17.1 Å². The highest BCUT2D eigenvalue weighted by Gasteiger charge is 2.56. The number of halogens is 2. The molecule has 132 valence electrons. The first-order valence-electron chi connectivity index (χ1n) is 7.21. The fourth-order valence-corrected chi connectivity index (χ4v) is 2.52. The number of carbonyl (C=O) groups excluding carboxylic acids is 2. The lowest BCUT2D eigenvalue weighted by Gasteiger charge is -2.30. The van der Waals surface area contributed by atoms with Gasteiger partial charge in [-0.3, -0.25) is 0 Å². The van der Waals surface area contributed by atoms with Crippen LogP contribution in [0, 0.1) is 0 Å². The van der Waals surface area contributed by atoms with Crippen molar-refractivity contribution in [3.63, 3.8) is 0 Å². The molecule has 6 nitrogen and oxygen atoms in total. The number of esters is 2. The summed E-state index contributed by atoms with van der Waals surface area (Å²) in [5, 5.41) is -3.12. The SMILES string of the molecule is COC(=O)C(F)(Cl)C(OC(=O)c1ccccc1)C1COC(C)(C)O1. The minimum atomic E-state index is -3.12. The van der Waals surface area contributed by atoms with E-state index >= 15 is 0 Å². The summed E-state index contributed by atoms with van der Waals surface area (Å²) >= 11 is 5.70. The standard InChI is InChI=1S/C16H18ClFO6/c1-15(2)22-9-11(24-15)12(16(17,18)14(20)21-3)23-13(19)10-7-5-4-6-8-10/h4-8,11-12H,9H2,1-3H3. The molecule has 0 amide bonds. The van der Waals surface area contributed by atoms with Gasteiger partial charge in [-0.2, -0.15) is 0 Å². The van der Waals surface area contributed by atoms with Gasteiger partial charge in [0.1, 0.15) is 6.10 Å². The van der Waals surface area contributed by atoms with E-state index in [-0.39, 0.29) is 12.2 Å². The fourth-order valence-electron chi connectivity index (χ4n) is 2.26. The smallest absolute Gasteiger partial charge is 0.363 e. The lowest BCUT2D eigenvalue weighted by molar-refractivity contribution is -0.174. The molecule has 8 heteroatoms. The first kappa shape index (κ1) is 18.6. The molecule has 0 aromatic heterocycles. The molecule has 0 saturated carbocycles. The van der Waals surface area contributed by atoms with Crippen LogP contribution in [0.25, 0.3) is 0 Å². The third kappa shape index (κ3) is 4.03. The van der Waals surface area contributed by atoms with Crippen molar-refractivity contribution in [2.24, 2.45) is 0 Å². The molecule has 3 atom stereocenters. The molecule has 0 spiro atoms. The predicted octanol–water partition coefficient (Wildman–Crippen LogP) is 2.44. The first-order chi connectivity index (χ1) is 11.2. The zero-order valence-electron chi connectivity index (χ0n) is 13.5. The molecule has 1 aliphatic heterocycles.